The van der Waals surface area contributed by atoms with Crippen molar-refractivity contribution in [2.75, 3.05) is 11.9 Å². The van der Waals surface area contributed by atoms with E-state index in [2.05, 4.69) is 40.6 Å². The van der Waals surface area contributed by atoms with Gasteiger partial charge in [-0.3, -0.25) is 0 Å². The van der Waals surface area contributed by atoms with Crippen LogP contribution in [-0.2, 0) is 25.3 Å². The van der Waals surface area contributed by atoms with Crippen molar-refractivity contribution < 1.29 is 0 Å². The van der Waals surface area contributed by atoms with Crippen LogP contribution in [0.15, 0.2) is 29.2 Å². The van der Waals surface area contributed by atoms with Crippen molar-refractivity contribution in [3.63, 3.8) is 0 Å². The Bertz CT molecular complexity index is 1250. The number of benzene rings is 1. The van der Waals surface area contributed by atoms with Crippen molar-refractivity contribution >= 4 is 50.7 Å². The summed E-state index contributed by atoms with van der Waals surface area (Å²) in [6, 6.07) is 7.89. The van der Waals surface area contributed by atoms with E-state index in [0.29, 0.717) is 12.3 Å². The first kappa shape index (κ1) is 20.7. The predicted octanol–water partition coefficient (Wildman–Crippen LogP) is 5.43. The highest BCUT2D eigenvalue weighted by atomic mass is 35.5. The van der Waals surface area contributed by atoms with Gasteiger partial charge in [-0.05, 0) is 50.1 Å². The summed E-state index contributed by atoms with van der Waals surface area (Å²) in [7, 11) is 2.08. The third-order valence-electron chi connectivity index (χ3n) is 5.66. The summed E-state index contributed by atoms with van der Waals surface area (Å²) >= 11 is 9.47. The smallest absolute Gasteiger partial charge is 0.152 e. The fraction of sp³-hybridized carbons (Fsp3) is 0.364. The Hall–Kier alpha value is -2.16. The van der Waals surface area contributed by atoms with Gasteiger partial charge in [0.05, 0.1) is 17.7 Å². The predicted molar refractivity (Wildman–Crippen MR) is 128 cm³/mol. The number of aryl methyl sites for hydroxylation is 3. The number of anilines is 1. The number of halogens is 1. The number of rotatable bonds is 6. The molecule has 160 valence electrons. The van der Waals surface area contributed by atoms with Crippen LogP contribution in [0.4, 0.5) is 5.82 Å². The van der Waals surface area contributed by atoms with E-state index in [9.17, 15) is 0 Å². The Morgan fingerprint density at radius 3 is 2.77 bits per heavy atom. The first-order valence-electron chi connectivity index (χ1n) is 10.3. The summed E-state index contributed by atoms with van der Waals surface area (Å²) in [6.45, 7) is 5.99. The van der Waals surface area contributed by atoms with E-state index in [1.165, 1.54) is 10.4 Å². The average molecular weight is 471 g/mol. The Labute approximate surface area is 194 Å². The fourth-order valence-electron chi connectivity index (χ4n) is 3.91. The molecule has 0 aliphatic carbocycles. The Morgan fingerprint density at radius 1 is 1.16 bits per heavy atom. The molecule has 0 spiro atoms. The minimum Gasteiger partial charge on any atom is -0.351 e. The number of hydrogen-bond donors (Lipinski definition) is 0. The van der Waals surface area contributed by atoms with Gasteiger partial charge in [0.25, 0.3) is 0 Å². The first-order chi connectivity index (χ1) is 15.0. The molecule has 9 heteroatoms. The third-order valence-corrected chi connectivity index (χ3v) is 8.02. The molecule has 0 saturated carbocycles. The van der Waals surface area contributed by atoms with Gasteiger partial charge >= 0.3 is 0 Å². The normalized spacial score (nSPS) is 13.2. The molecular formula is C22H23ClN6S2. The maximum Gasteiger partial charge on any atom is 0.152 e. The zero-order valence-electron chi connectivity index (χ0n) is 17.7. The average Bonchev–Trinajstić information content (AvgIpc) is 3.44. The zero-order valence-corrected chi connectivity index (χ0v) is 20.1. The van der Waals surface area contributed by atoms with Crippen LogP contribution >= 0.6 is 34.7 Å². The number of aromatic nitrogens is 5. The number of fused-ring (bicyclic) bond motifs is 2. The van der Waals surface area contributed by atoms with Gasteiger partial charge in [0.1, 0.15) is 22.3 Å². The van der Waals surface area contributed by atoms with Gasteiger partial charge in [-0.25, -0.2) is 9.97 Å². The van der Waals surface area contributed by atoms with E-state index in [1.807, 2.05) is 24.3 Å². The van der Waals surface area contributed by atoms with Crippen LogP contribution < -0.4 is 4.90 Å². The SMILES string of the molecule is Cc1sc2nc(CSc3ccc(Cl)cc3)nc(N(C)Cc3nnc4n3CCC4)c2c1C. The lowest BCUT2D eigenvalue weighted by molar-refractivity contribution is 0.674. The fourth-order valence-corrected chi connectivity index (χ4v) is 5.83. The number of hydrogen-bond acceptors (Lipinski definition) is 7. The maximum atomic E-state index is 6.01. The zero-order chi connectivity index (χ0) is 21.5. The largest absolute Gasteiger partial charge is 0.351 e. The minimum atomic E-state index is 0.678. The lowest BCUT2D eigenvalue weighted by atomic mass is 10.2. The molecule has 4 heterocycles. The molecule has 3 aromatic heterocycles. The summed E-state index contributed by atoms with van der Waals surface area (Å²) in [4.78, 5) is 15.6. The van der Waals surface area contributed by atoms with Gasteiger partial charge in [0.15, 0.2) is 5.82 Å². The Morgan fingerprint density at radius 2 is 1.97 bits per heavy atom. The Kier molecular flexibility index (Phi) is 5.62. The number of thiophene rings is 1. The summed E-state index contributed by atoms with van der Waals surface area (Å²) in [5.74, 6) is 4.60. The van der Waals surface area contributed by atoms with E-state index < -0.39 is 0 Å². The molecule has 0 atom stereocenters. The highest BCUT2D eigenvalue weighted by Gasteiger charge is 2.22. The second-order valence-electron chi connectivity index (χ2n) is 7.81. The van der Waals surface area contributed by atoms with Crippen LogP contribution in [-0.4, -0.2) is 31.8 Å². The highest BCUT2D eigenvalue weighted by molar-refractivity contribution is 7.98. The molecule has 0 radical (unpaired) electrons. The van der Waals surface area contributed by atoms with Gasteiger partial charge in [-0.2, -0.15) is 0 Å². The van der Waals surface area contributed by atoms with Crippen molar-refractivity contribution in [2.45, 2.75) is 50.4 Å². The molecule has 4 aromatic rings. The summed E-state index contributed by atoms with van der Waals surface area (Å²) in [5, 5.41) is 10.7. The number of thioether (sulfide) groups is 1. The molecular weight excluding hydrogens is 448 g/mol. The van der Waals surface area contributed by atoms with Gasteiger partial charge < -0.3 is 9.47 Å². The van der Waals surface area contributed by atoms with E-state index in [1.54, 1.807) is 23.1 Å². The number of nitrogens with zero attached hydrogens (tertiary/aromatic N) is 6. The second kappa shape index (κ2) is 8.41. The van der Waals surface area contributed by atoms with Gasteiger partial charge in [-0.1, -0.05) is 11.6 Å². The molecule has 1 aliphatic rings. The van der Waals surface area contributed by atoms with Crippen LogP contribution in [0.3, 0.4) is 0 Å². The minimum absolute atomic E-state index is 0.678. The molecule has 5 rings (SSSR count). The van der Waals surface area contributed by atoms with Gasteiger partial charge in [-0.15, -0.1) is 33.3 Å². The lowest BCUT2D eigenvalue weighted by Crippen LogP contribution is -2.21. The summed E-state index contributed by atoms with van der Waals surface area (Å²) in [6.07, 6.45) is 2.16. The molecule has 31 heavy (non-hydrogen) atoms. The second-order valence-corrected chi connectivity index (χ2v) is 10.5. The van der Waals surface area contributed by atoms with Crippen molar-refractivity contribution in [3.8, 4) is 0 Å². The van der Waals surface area contributed by atoms with Crippen LogP contribution in [0.5, 0.6) is 0 Å². The molecule has 6 nitrogen and oxygen atoms in total. The van der Waals surface area contributed by atoms with Crippen LogP contribution in [0.2, 0.25) is 5.02 Å². The van der Waals surface area contributed by atoms with Crippen molar-refractivity contribution in [2.24, 2.45) is 0 Å². The standard InChI is InChI=1S/C22H23ClN6S2/c1-13-14(2)31-22-20(13)21(28(3)11-19-27-26-18-5-4-10-29(18)19)24-17(25-22)12-30-16-8-6-15(23)7-9-16/h6-9H,4-5,10-12H2,1-3H3. The molecule has 1 aromatic carbocycles. The molecule has 0 saturated heterocycles. The summed E-state index contributed by atoms with van der Waals surface area (Å²) < 4.78 is 2.25. The molecule has 0 amide bonds. The highest BCUT2D eigenvalue weighted by Crippen LogP contribution is 2.36. The molecule has 0 unspecified atom stereocenters. The van der Waals surface area contributed by atoms with Crippen molar-refractivity contribution in [3.05, 3.63) is 57.2 Å². The van der Waals surface area contributed by atoms with E-state index >= 15 is 0 Å². The first-order valence-corrected chi connectivity index (χ1v) is 12.4. The lowest BCUT2D eigenvalue weighted by Gasteiger charge is -2.20. The molecule has 0 N–H and O–H groups in total. The molecule has 1 aliphatic heterocycles. The van der Waals surface area contributed by atoms with Crippen LogP contribution in [0.25, 0.3) is 10.2 Å². The van der Waals surface area contributed by atoms with Crippen LogP contribution in [0, 0.1) is 13.8 Å². The van der Waals surface area contributed by atoms with E-state index in [0.717, 1.165) is 62.8 Å². The third kappa shape index (κ3) is 4.04. The van der Waals surface area contributed by atoms with Crippen LogP contribution in [0.1, 0.15) is 34.3 Å². The topological polar surface area (TPSA) is 59.7 Å². The quantitative estimate of drug-likeness (QED) is 0.350. The summed E-state index contributed by atoms with van der Waals surface area (Å²) in [5.41, 5.74) is 1.25. The maximum absolute atomic E-state index is 6.01. The van der Waals surface area contributed by atoms with E-state index in [4.69, 9.17) is 21.6 Å². The Balaban J connectivity index is 1.46. The van der Waals surface area contributed by atoms with Gasteiger partial charge in [0, 0.05) is 34.8 Å². The van der Waals surface area contributed by atoms with Crippen molar-refractivity contribution in [1.82, 2.24) is 24.7 Å². The van der Waals surface area contributed by atoms with Gasteiger partial charge in [0.2, 0.25) is 0 Å². The monoisotopic (exact) mass is 470 g/mol. The molecule has 0 bridgehead atoms. The van der Waals surface area contributed by atoms with Crippen molar-refractivity contribution in [1.29, 1.82) is 0 Å². The molecule has 0 fully saturated rings. The van der Waals surface area contributed by atoms with E-state index in [-0.39, 0.29) is 0 Å².